The number of para-hydroxylation sites is 1. The van der Waals surface area contributed by atoms with Crippen molar-refractivity contribution in [2.24, 2.45) is 5.73 Å². The highest BCUT2D eigenvalue weighted by molar-refractivity contribution is 5.86. The van der Waals surface area contributed by atoms with E-state index in [0.29, 0.717) is 12.1 Å². The first-order valence-corrected chi connectivity index (χ1v) is 6.53. The minimum absolute atomic E-state index is 0.0971. The summed E-state index contributed by atoms with van der Waals surface area (Å²) < 4.78 is 0. The van der Waals surface area contributed by atoms with Crippen LogP contribution >= 0.6 is 0 Å². The number of nitriles is 1. The third kappa shape index (κ3) is 2.25. The van der Waals surface area contributed by atoms with Crippen molar-refractivity contribution in [1.82, 2.24) is 4.98 Å². The van der Waals surface area contributed by atoms with Crippen LogP contribution in [0.3, 0.4) is 0 Å². The van der Waals surface area contributed by atoms with Crippen molar-refractivity contribution in [3.8, 4) is 6.07 Å². The third-order valence-corrected chi connectivity index (χ3v) is 3.81. The topological polar surface area (TPSA) is 74.7 Å². The van der Waals surface area contributed by atoms with Gasteiger partial charge in [-0.3, -0.25) is 0 Å². The van der Waals surface area contributed by atoms with Gasteiger partial charge in [-0.1, -0.05) is 18.2 Å². The van der Waals surface area contributed by atoms with Crippen molar-refractivity contribution in [3.63, 3.8) is 0 Å². The van der Waals surface area contributed by atoms with Gasteiger partial charge in [-0.15, -0.1) is 0 Å². The number of aromatic nitrogens is 1. The fraction of sp³-hybridized carbons (Fsp3) is 0.333. The fourth-order valence-corrected chi connectivity index (χ4v) is 2.43. The van der Waals surface area contributed by atoms with Crippen LogP contribution < -0.4 is 11.1 Å². The lowest BCUT2D eigenvalue weighted by atomic mass is 9.78. The average Bonchev–Trinajstić information content (AvgIpc) is 2.42. The van der Waals surface area contributed by atoms with Gasteiger partial charge in [0.1, 0.15) is 5.82 Å². The van der Waals surface area contributed by atoms with E-state index in [1.165, 1.54) is 6.42 Å². The molecule has 3 N–H and O–H groups in total. The number of fused-ring (bicyclic) bond motifs is 1. The van der Waals surface area contributed by atoms with Crippen LogP contribution in [0.2, 0.25) is 0 Å². The first-order chi connectivity index (χ1) is 9.20. The molecule has 1 heterocycles. The summed E-state index contributed by atoms with van der Waals surface area (Å²) in [6, 6.07) is 11.7. The minimum Gasteiger partial charge on any atom is -0.368 e. The van der Waals surface area contributed by atoms with Crippen LogP contribution in [-0.4, -0.2) is 17.1 Å². The largest absolute Gasteiger partial charge is 0.368 e. The Morgan fingerprint density at radius 1 is 1.37 bits per heavy atom. The normalized spacial score (nSPS) is 16.6. The van der Waals surface area contributed by atoms with Crippen LogP contribution in [-0.2, 0) is 0 Å². The first kappa shape index (κ1) is 11.9. The van der Waals surface area contributed by atoms with Crippen molar-refractivity contribution in [3.05, 3.63) is 35.9 Å². The molecule has 0 bridgehead atoms. The summed E-state index contributed by atoms with van der Waals surface area (Å²) in [5.41, 5.74) is 7.56. The van der Waals surface area contributed by atoms with E-state index in [9.17, 15) is 5.26 Å². The molecule has 4 nitrogen and oxygen atoms in total. The standard InChI is InChI=1S/C15H16N4/c16-9-11-8-14(18-10-15(17)6-3-7-15)19-13-5-2-1-4-12(11)13/h1-2,4-5,8H,3,6-7,10,17H2,(H,18,19). The molecular weight excluding hydrogens is 236 g/mol. The van der Waals surface area contributed by atoms with E-state index >= 15 is 0 Å². The summed E-state index contributed by atoms with van der Waals surface area (Å²) in [5.74, 6) is 0.729. The van der Waals surface area contributed by atoms with E-state index in [0.717, 1.165) is 29.6 Å². The average molecular weight is 252 g/mol. The van der Waals surface area contributed by atoms with Gasteiger partial charge in [-0.25, -0.2) is 4.98 Å². The summed E-state index contributed by atoms with van der Waals surface area (Å²) in [5, 5.41) is 13.4. The molecule has 0 amide bonds. The van der Waals surface area contributed by atoms with Gasteiger partial charge in [-0.2, -0.15) is 5.26 Å². The Kier molecular flexibility index (Phi) is 2.84. The maximum Gasteiger partial charge on any atom is 0.128 e. The lowest BCUT2D eigenvalue weighted by Gasteiger charge is -2.38. The maximum absolute atomic E-state index is 9.22. The lowest BCUT2D eigenvalue weighted by Crippen LogP contribution is -2.52. The summed E-state index contributed by atoms with van der Waals surface area (Å²) in [7, 11) is 0. The van der Waals surface area contributed by atoms with Gasteiger partial charge < -0.3 is 11.1 Å². The van der Waals surface area contributed by atoms with Crippen molar-refractivity contribution in [2.75, 3.05) is 11.9 Å². The molecule has 96 valence electrons. The lowest BCUT2D eigenvalue weighted by molar-refractivity contribution is 0.265. The van der Waals surface area contributed by atoms with Crippen molar-refractivity contribution in [1.29, 1.82) is 5.26 Å². The zero-order valence-corrected chi connectivity index (χ0v) is 10.7. The molecule has 3 rings (SSSR count). The van der Waals surface area contributed by atoms with Crippen molar-refractivity contribution >= 4 is 16.7 Å². The smallest absolute Gasteiger partial charge is 0.128 e. The highest BCUT2D eigenvalue weighted by atomic mass is 15.0. The Morgan fingerprint density at radius 2 is 2.16 bits per heavy atom. The molecule has 0 aliphatic heterocycles. The second kappa shape index (κ2) is 4.52. The number of nitrogens with one attached hydrogen (secondary N) is 1. The summed E-state index contributed by atoms with van der Waals surface area (Å²) >= 11 is 0. The molecule has 1 aliphatic rings. The molecule has 1 aromatic carbocycles. The Hall–Kier alpha value is -2.12. The maximum atomic E-state index is 9.22. The Balaban J connectivity index is 1.89. The zero-order chi connectivity index (χ0) is 13.3. The van der Waals surface area contributed by atoms with Crippen LogP contribution in [0, 0.1) is 11.3 Å². The zero-order valence-electron chi connectivity index (χ0n) is 10.7. The predicted octanol–water partition coefficient (Wildman–Crippen LogP) is 2.40. The Labute approximate surface area is 112 Å². The number of benzene rings is 1. The second-order valence-electron chi connectivity index (χ2n) is 5.25. The van der Waals surface area contributed by atoms with E-state index < -0.39 is 0 Å². The number of hydrogen-bond donors (Lipinski definition) is 2. The van der Waals surface area contributed by atoms with Gasteiger partial charge >= 0.3 is 0 Å². The predicted molar refractivity (Wildman–Crippen MR) is 75.7 cm³/mol. The van der Waals surface area contributed by atoms with Crippen LogP contribution in [0.1, 0.15) is 24.8 Å². The van der Waals surface area contributed by atoms with Crippen LogP contribution in [0.25, 0.3) is 10.9 Å². The van der Waals surface area contributed by atoms with E-state index in [4.69, 9.17) is 5.73 Å². The van der Waals surface area contributed by atoms with Gasteiger partial charge in [0.2, 0.25) is 0 Å². The third-order valence-electron chi connectivity index (χ3n) is 3.81. The van der Waals surface area contributed by atoms with Crippen molar-refractivity contribution < 1.29 is 0 Å². The monoisotopic (exact) mass is 252 g/mol. The van der Waals surface area contributed by atoms with E-state index in [1.807, 2.05) is 24.3 Å². The molecule has 1 aliphatic carbocycles. The fourth-order valence-electron chi connectivity index (χ4n) is 2.43. The van der Waals surface area contributed by atoms with E-state index in [-0.39, 0.29) is 5.54 Å². The number of nitrogens with zero attached hydrogens (tertiary/aromatic N) is 2. The number of nitrogens with two attached hydrogens (primary N) is 1. The molecule has 0 radical (unpaired) electrons. The molecule has 2 aromatic rings. The minimum atomic E-state index is -0.0971. The van der Waals surface area contributed by atoms with Crippen molar-refractivity contribution in [2.45, 2.75) is 24.8 Å². The number of rotatable bonds is 3. The molecule has 1 fully saturated rings. The number of pyridine rings is 1. The molecule has 19 heavy (non-hydrogen) atoms. The van der Waals surface area contributed by atoms with Gasteiger partial charge in [0.05, 0.1) is 17.1 Å². The molecule has 0 saturated heterocycles. The SMILES string of the molecule is N#Cc1cc(NCC2(N)CCC2)nc2ccccc12. The van der Waals surface area contributed by atoms with Crippen LogP contribution in [0.15, 0.2) is 30.3 Å². The Morgan fingerprint density at radius 3 is 2.84 bits per heavy atom. The molecule has 1 saturated carbocycles. The molecule has 1 aromatic heterocycles. The van der Waals surface area contributed by atoms with Crippen LogP contribution in [0.5, 0.6) is 0 Å². The summed E-state index contributed by atoms with van der Waals surface area (Å²) in [4.78, 5) is 4.53. The highest BCUT2D eigenvalue weighted by Gasteiger charge is 2.32. The van der Waals surface area contributed by atoms with Gasteiger partial charge in [-0.05, 0) is 31.4 Å². The highest BCUT2D eigenvalue weighted by Crippen LogP contribution is 2.29. The van der Waals surface area contributed by atoms with Gasteiger partial charge in [0.15, 0.2) is 0 Å². The Bertz CT molecular complexity index is 653. The van der Waals surface area contributed by atoms with Gasteiger partial charge in [0.25, 0.3) is 0 Å². The summed E-state index contributed by atoms with van der Waals surface area (Å²) in [6.45, 7) is 0.712. The van der Waals surface area contributed by atoms with Gasteiger partial charge in [0, 0.05) is 17.5 Å². The van der Waals surface area contributed by atoms with E-state index in [1.54, 1.807) is 6.07 Å². The quantitative estimate of drug-likeness (QED) is 0.879. The number of hydrogen-bond acceptors (Lipinski definition) is 4. The van der Waals surface area contributed by atoms with E-state index in [2.05, 4.69) is 16.4 Å². The van der Waals surface area contributed by atoms with Crippen LogP contribution in [0.4, 0.5) is 5.82 Å². The first-order valence-electron chi connectivity index (χ1n) is 6.53. The second-order valence-corrected chi connectivity index (χ2v) is 5.25. The molecule has 0 atom stereocenters. The molecule has 0 spiro atoms. The molecular formula is C15H16N4. The summed E-state index contributed by atoms with van der Waals surface area (Å²) in [6.07, 6.45) is 3.31. The molecule has 0 unspecified atom stereocenters. The number of anilines is 1. The molecule has 4 heteroatoms.